The number of quaternary nitrogens is 1. The fourth-order valence-electron chi connectivity index (χ4n) is 4.17. The average molecular weight is 453 g/mol. The maximum absolute atomic E-state index is 13.5. The number of methoxy groups -OCH3 is 1. The molecule has 1 aliphatic heterocycles. The minimum atomic E-state index is -0.755. The van der Waals surface area contributed by atoms with Gasteiger partial charge in [-0.1, -0.05) is 30.0 Å². The number of rotatable bonds is 10. The van der Waals surface area contributed by atoms with Gasteiger partial charge in [-0.15, -0.1) is 0 Å². The van der Waals surface area contributed by atoms with Gasteiger partial charge >= 0.3 is 0 Å². The van der Waals surface area contributed by atoms with E-state index in [1.807, 2.05) is 13.0 Å². The van der Waals surface area contributed by atoms with E-state index in [2.05, 4.69) is 13.8 Å². The van der Waals surface area contributed by atoms with Gasteiger partial charge in [0, 0.05) is 5.57 Å². The lowest BCUT2D eigenvalue weighted by atomic mass is 9.95. The van der Waals surface area contributed by atoms with Crippen LogP contribution in [-0.2, 0) is 9.59 Å². The van der Waals surface area contributed by atoms with Crippen LogP contribution in [0, 0.1) is 0 Å². The van der Waals surface area contributed by atoms with E-state index < -0.39 is 23.5 Å². The third-order valence-corrected chi connectivity index (χ3v) is 6.07. The number of carbonyl (C=O) groups excluding carboxylic acids is 2. The summed E-state index contributed by atoms with van der Waals surface area (Å²) >= 11 is 0. The molecule has 2 aromatic rings. The lowest BCUT2D eigenvalue weighted by Crippen LogP contribution is -3.12. The van der Waals surface area contributed by atoms with Gasteiger partial charge in [-0.3, -0.25) is 9.59 Å². The number of carbonyl (C=O) groups is 2. The summed E-state index contributed by atoms with van der Waals surface area (Å²) in [4.78, 5) is 29.0. The lowest BCUT2D eigenvalue weighted by Gasteiger charge is -2.28. The number of hydrogen-bond acceptors (Lipinski definition) is 5. The van der Waals surface area contributed by atoms with Crippen LogP contribution in [0.5, 0.6) is 11.5 Å². The highest BCUT2D eigenvalue weighted by atomic mass is 16.5. The molecule has 1 unspecified atom stereocenters. The number of Topliss-reactive ketones (excluding diaryl/α,β-unsaturated/α-hetero) is 1. The first-order valence-electron chi connectivity index (χ1n) is 11.4. The quantitative estimate of drug-likeness (QED) is 0.333. The Hall–Kier alpha value is -3.32. The molecule has 0 aliphatic carbocycles. The summed E-state index contributed by atoms with van der Waals surface area (Å²) in [6.07, 6.45) is 0. The molecule has 1 atom stereocenters. The smallest absolute Gasteiger partial charge is 0.295 e. The maximum Gasteiger partial charge on any atom is 0.295 e. The van der Waals surface area contributed by atoms with Crippen LogP contribution in [-0.4, -0.2) is 56.5 Å². The van der Waals surface area contributed by atoms with E-state index in [9.17, 15) is 14.7 Å². The Kier molecular flexibility index (Phi) is 8.11. The number of hydrogen-bond donors (Lipinski definition) is 1. The molecule has 2 aromatic carbocycles. The van der Waals surface area contributed by atoms with Crippen LogP contribution >= 0.6 is 0 Å². The van der Waals surface area contributed by atoms with E-state index in [-0.39, 0.29) is 5.57 Å². The summed E-state index contributed by atoms with van der Waals surface area (Å²) in [6.45, 7) is 9.46. The summed E-state index contributed by atoms with van der Waals surface area (Å²) in [5.74, 6) is -0.579. The van der Waals surface area contributed by atoms with Gasteiger partial charge in [-0.25, -0.2) is 0 Å². The zero-order valence-electron chi connectivity index (χ0n) is 19.7. The number of nitrogens with one attached hydrogen (secondary N) is 1. The predicted molar refractivity (Wildman–Crippen MR) is 124 cm³/mol. The molecule has 176 valence electrons. The van der Waals surface area contributed by atoms with Crippen molar-refractivity contribution >= 4 is 17.4 Å². The molecule has 0 saturated carbocycles. The van der Waals surface area contributed by atoms with Crippen molar-refractivity contribution in [3.63, 3.8) is 0 Å². The van der Waals surface area contributed by atoms with Crippen LogP contribution in [0.1, 0.15) is 37.9 Å². The Morgan fingerprint density at radius 1 is 1.03 bits per heavy atom. The number of likely N-dealkylation sites (N-methyl/N-ethyl adjacent to an activating group) is 1. The topological polar surface area (TPSA) is 83.3 Å². The van der Waals surface area contributed by atoms with Gasteiger partial charge in [-0.2, -0.15) is 0 Å². The first-order chi connectivity index (χ1) is 15.9. The number of ketones is 1. The molecule has 0 aromatic heterocycles. The monoisotopic (exact) mass is 452 g/mol. The second-order valence-corrected chi connectivity index (χ2v) is 7.91. The second-order valence-electron chi connectivity index (χ2n) is 7.91. The number of likely N-dealkylation sites (tertiary alicyclic amines) is 1. The van der Waals surface area contributed by atoms with Gasteiger partial charge in [0.25, 0.3) is 5.91 Å². The number of ether oxygens (including phenoxy) is 2. The Bertz CT molecular complexity index is 1010. The average Bonchev–Trinajstić information content (AvgIpc) is 3.10. The molecular formula is C26H32N2O5. The van der Waals surface area contributed by atoms with Gasteiger partial charge in [-0.05, 0) is 56.2 Å². The zero-order chi connectivity index (χ0) is 24.0. The van der Waals surface area contributed by atoms with E-state index in [0.29, 0.717) is 42.3 Å². The molecule has 1 heterocycles. The molecule has 0 spiro atoms. The van der Waals surface area contributed by atoms with Crippen molar-refractivity contribution in [2.24, 2.45) is 0 Å². The van der Waals surface area contributed by atoms with E-state index in [4.69, 9.17) is 9.47 Å². The number of amides is 1. The first-order valence-corrected chi connectivity index (χ1v) is 11.4. The van der Waals surface area contributed by atoms with Crippen LogP contribution in [0.3, 0.4) is 0 Å². The van der Waals surface area contributed by atoms with Crippen LogP contribution in [0.4, 0.5) is 0 Å². The number of nitrogens with zero attached hydrogens (tertiary/aromatic N) is 1. The normalized spacial score (nSPS) is 17.6. The highest BCUT2D eigenvalue weighted by Gasteiger charge is 2.44. The molecular weight excluding hydrogens is 420 g/mol. The van der Waals surface area contributed by atoms with Crippen molar-refractivity contribution < 1.29 is 29.1 Å². The molecule has 1 aliphatic rings. The van der Waals surface area contributed by atoms with E-state index in [1.165, 1.54) is 9.80 Å². The van der Waals surface area contributed by atoms with Crippen LogP contribution in [0.25, 0.3) is 5.76 Å². The summed E-state index contributed by atoms with van der Waals surface area (Å²) < 4.78 is 10.8. The minimum absolute atomic E-state index is 0.0213. The van der Waals surface area contributed by atoms with E-state index in [1.54, 1.807) is 49.6 Å². The highest BCUT2D eigenvalue weighted by molar-refractivity contribution is 6.46. The predicted octanol–water partition coefficient (Wildman–Crippen LogP) is 1.24. The molecule has 1 amide bonds. The molecule has 33 heavy (non-hydrogen) atoms. The standard InChI is InChI=1S/C26H32N2O5/c1-5-27(6-2)15-16-28-23(19-9-8-10-21(17-19)32-4)22(25(30)26(28)31)24(29)18-11-13-20(14-12-18)33-7-3/h8-14,17,23,29H,5-7,15-16H2,1-4H3/b24-22+. The third-order valence-electron chi connectivity index (χ3n) is 6.07. The van der Waals surface area contributed by atoms with Crippen LogP contribution in [0.15, 0.2) is 54.1 Å². The molecule has 1 fully saturated rings. The molecule has 1 N–H and O–H groups in total. The van der Waals surface area contributed by atoms with Gasteiger partial charge in [0.05, 0.1) is 45.9 Å². The molecule has 0 radical (unpaired) electrons. The van der Waals surface area contributed by atoms with Crippen molar-refractivity contribution in [3.8, 4) is 11.5 Å². The molecule has 7 nitrogen and oxygen atoms in total. The Labute approximate surface area is 195 Å². The summed E-state index contributed by atoms with van der Waals surface area (Å²) in [5.41, 5.74) is 1.00. The van der Waals surface area contributed by atoms with Crippen molar-refractivity contribution in [2.45, 2.75) is 26.8 Å². The van der Waals surface area contributed by atoms with Gasteiger partial charge < -0.3 is 24.4 Å². The van der Waals surface area contributed by atoms with E-state index >= 15 is 0 Å². The van der Waals surface area contributed by atoms with Crippen molar-refractivity contribution in [2.75, 3.05) is 39.9 Å². The van der Waals surface area contributed by atoms with Crippen molar-refractivity contribution in [3.05, 3.63) is 65.2 Å². The molecule has 1 saturated heterocycles. The van der Waals surface area contributed by atoms with Crippen LogP contribution in [0.2, 0.25) is 0 Å². The Morgan fingerprint density at radius 2 is 1.73 bits per heavy atom. The van der Waals surface area contributed by atoms with E-state index in [0.717, 1.165) is 13.1 Å². The van der Waals surface area contributed by atoms with Crippen molar-refractivity contribution in [1.29, 1.82) is 0 Å². The minimum Gasteiger partial charge on any atom is -0.872 e. The molecule has 7 heteroatoms. The fourth-order valence-corrected chi connectivity index (χ4v) is 4.17. The van der Waals surface area contributed by atoms with Gasteiger partial charge in [0.2, 0.25) is 5.78 Å². The van der Waals surface area contributed by atoms with Crippen LogP contribution < -0.4 is 19.5 Å². The Balaban J connectivity index is 2.08. The molecule has 3 rings (SSSR count). The highest BCUT2D eigenvalue weighted by Crippen LogP contribution is 2.39. The summed E-state index contributed by atoms with van der Waals surface area (Å²) in [7, 11) is 1.56. The Morgan fingerprint density at radius 3 is 2.33 bits per heavy atom. The summed E-state index contributed by atoms with van der Waals surface area (Å²) in [5, 5.41) is 13.5. The zero-order valence-corrected chi connectivity index (χ0v) is 19.7. The number of benzene rings is 2. The summed E-state index contributed by atoms with van der Waals surface area (Å²) in [6, 6.07) is 13.1. The first kappa shape index (κ1) is 24.3. The van der Waals surface area contributed by atoms with Gasteiger partial charge in [0.15, 0.2) is 0 Å². The maximum atomic E-state index is 13.5. The third kappa shape index (κ3) is 5.20. The van der Waals surface area contributed by atoms with Crippen molar-refractivity contribution in [1.82, 2.24) is 4.90 Å². The van der Waals surface area contributed by atoms with Gasteiger partial charge in [0.1, 0.15) is 11.5 Å². The largest absolute Gasteiger partial charge is 0.872 e. The second kappa shape index (κ2) is 11.0. The lowest BCUT2D eigenvalue weighted by molar-refractivity contribution is -0.895. The molecule has 0 bridgehead atoms. The fraction of sp³-hybridized carbons (Fsp3) is 0.385. The SMILES string of the molecule is CCOc1ccc(/C([O-])=C2\C(=O)C(=O)N(CC[NH+](CC)CC)C2c2cccc(OC)c2)cc1.